The molecular weight excluding hydrogens is 489 g/mol. The number of likely N-dealkylation sites (tertiary alicyclic amines) is 1. The number of hydrogen-bond acceptors (Lipinski definition) is 5. The highest BCUT2D eigenvalue weighted by Gasteiger charge is 2.35. The largest absolute Gasteiger partial charge is 0.478 e. The fourth-order valence-corrected chi connectivity index (χ4v) is 3.87. The summed E-state index contributed by atoms with van der Waals surface area (Å²) in [5.74, 6) is -0.529. The SMILES string of the molecule is Cc1ccc(CN2CC[C@@H](N(C(=O)OC(C)(C)C)c3ccc(C=CC(=O)O)cn3)C2)cc1C.Cl.Cl. The van der Waals surface area contributed by atoms with Crippen LogP contribution in [-0.4, -0.2) is 51.8 Å². The van der Waals surface area contributed by atoms with Crippen LogP contribution in [0.2, 0.25) is 0 Å². The lowest BCUT2D eigenvalue weighted by atomic mass is 10.1. The van der Waals surface area contributed by atoms with Gasteiger partial charge < -0.3 is 9.84 Å². The second kappa shape index (κ2) is 12.9. The number of carbonyl (C=O) groups is 2. The molecule has 1 fully saturated rings. The molecule has 1 atom stereocenters. The molecule has 7 nitrogen and oxygen atoms in total. The predicted octanol–water partition coefficient (Wildman–Crippen LogP) is 5.66. The molecule has 0 saturated carbocycles. The molecule has 3 rings (SSSR count). The summed E-state index contributed by atoms with van der Waals surface area (Å²) in [6.07, 6.45) is 4.48. The minimum absolute atomic E-state index is 0. The number of aryl methyl sites for hydroxylation is 2. The maximum absolute atomic E-state index is 13.1. The summed E-state index contributed by atoms with van der Waals surface area (Å²) in [6, 6.07) is 9.94. The Morgan fingerprint density at radius 1 is 1.17 bits per heavy atom. The van der Waals surface area contributed by atoms with Crippen molar-refractivity contribution in [1.82, 2.24) is 9.88 Å². The van der Waals surface area contributed by atoms with E-state index in [1.165, 1.54) is 22.8 Å². The van der Waals surface area contributed by atoms with Gasteiger partial charge in [0.2, 0.25) is 0 Å². The van der Waals surface area contributed by atoms with E-state index in [1.54, 1.807) is 23.2 Å². The molecule has 192 valence electrons. The van der Waals surface area contributed by atoms with Gasteiger partial charge in [-0.25, -0.2) is 14.6 Å². The van der Waals surface area contributed by atoms with Crippen LogP contribution in [0.3, 0.4) is 0 Å². The monoisotopic (exact) mass is 523 g/mol. The summed E-state index contributed by atoms with van der Waals surface area (Å²) < 4.78 is 5.70. The molecule has 9 heteroatoms. The molecule has 0 radical (unpaired) electrons. The first-order valence-corrected chi connectivity index (χ1v) is 11.2. The fraction of sp³-hybridized carbons (Fsp3) is 0.423. The standard InChI is InChI=1S/C26H33N3O4.2ClH/c1-18-6-7-21(14-19(18)2)16-28-13-12-22(17-28)29(25(32)33-26(3,4)5)23-10-8-20(15-27-23)9-11-24(30)31;;/h6-11,14-15,22H,12-13,16-17H2,1-5H3,(H,30,31);2*1H/t22-;;/m1../s1. The number of carboxylic acids is 1. The molecule has 2 aromatic rings. The number of pyridine rings is 1. The normalized spacial score (nSPS) is 15.9. The van der Waals surface area contributed by atoms with Crippen LogP contribution in [0, 0.1) is 13.8 Å². The van der Waals surface area contributed by atoms with Crippen molar-refractivity contribution in [3.05, 3.63) is 64.9 Å². The number of amides is 1. The Labute approximate surface area is 220 Å². The van der Waals surface area contributed by atoms with Crippen LogP contribution in [0.4, 0.5) is 10.6 Å². The van der Waals surface area contributed by atoms with Gasteiger partial charge in [0.1, 0.15) is 11.4 Å². The van der Waals surface area contributed by atoms with Crippen LogP contribution in [0.25, 0.3) is 6.08 Å². The van der Waals surface area contributed by atoms with Crippen molar-refractivity contribution in [1.29, 1.82) is 0 Å². The Morgan fingerprint density at radius 2 is 1.89 bits per heavy atom. The highest BCUT2D eigenvalue weighted by atomic mass is 35.5. The van der Waals surface area contributed by atoms with E-state index < -0.39 is 17.7 Å². The third-order valence-electron chi connectivity index (χ3n) is 5.62. The van der Waals surface area contributed by atoms with Gasteiger partial charge in [0, 0.05) is 31.9 Å². The molecule has 1 amide bonds. The zero-order valence-electron chi connectivity index (χ0n) is 20.9. The van der Waals surface area contributed by atoms with E-state index in [0.717, 1.165) is 25.6 Å². The lowest BCUT2D eigenvalue weighted by molar-refractivity contribution is -0.131. The first kappa shape index (κ1) is 30.4. The second-order valence-electron chi connectivity index (χ2n) is 9.57. The van der Waals surface area contributed by atoms with Gasteiger partial charge in [0.05, 0.1) is 6.04 Å². The number of ether oxygens (including phenoxy) is 1. The van der Waals surface area contributed by atoms with Gasteiger partial charge in [-0.3, -0.25) is 9.80 Å². The molecule has 0 aliphatic carbocycles. The Balaban J connectivity index is 0.00000306. The molecule has 1 aromatic carbocycles. The third-order valence-corrected chi connectivity index (χ3v) is 5.62. The number of hydrogen-bond donors (Lipinski definition) is 1. The molecule has 2 heterocycles. The molecule has 1 aromatic heterocycles. The topological polar surface area (TPSA) is 83.0 Å². The molecule has 1 aliphatic heterocycles. The molecule has 0 spiro atoms. The molecule has 1 N–H and O–H groups in total. The minimum atomic E-state index is -1.02. The van der Waals surface area contributed by atoms with Gasteiger partial charge in [-0.2, -0.15) is 0 Å². The highest BCUT2D eigenvalue weighted by molar-refractivity contribution is 5.88. The summed E-state index contributed by atoms with van der Waals surface area (Å²) in [4.78, 5) is 32.3. The van der Waals surface area contributed by atoms with E-state index in [-0.39, 0.29) is 30.9 Å². The zero-order valence-corrected chi connectivity index (χ0v) is 22.5. The first-order valence-electron chi connectivity index (χ1n) is 11.2. The lowest BCUT2D eigenvalue weighted by Gasteiger charge is -2.31. The smallest absolute Gasteiger partial charge is 0.416 e. The van der Waals surface area contributed by atoms with E-state index in [4.69, 9.17) is 9.84 Å². The highest BCUT2D eigenvalue weighted by Crippen LogP contribution is 2.26. The summed E-state index contributed by atoms with van der Waals surface area (Å²) in [5.41, 5.74) is 3.84. The van der Waals surface area contributed by atoms with Crippen LogP contribution < -0.4 is 4.90 Å². The second-order valence-corrected chi connectivity index (χ2v) is 9.57. The molecule has 1 aliphatic rings. The Hall–Kier alpha value is -2.61. The number of carboxylic acid groups (broad SMARTS) is 1. The summed E-state index contributed by atoms with van der Waals surface area (Å²) >= 11 is 0. The minimum Gasteiger partial charge on any atom is -0.478 e. The van der Waals surface area contributed by atoms with Crippen LogP contribution in [-0.2, 0) is 16.1 Å². The van der Waals surface area contributed by atoms with Gasteiger partial charge in [0.15, 0.2) is 0 Å². The molecular formula is C26H35Cl2N3O4. The average Bonchev–Trinajstić information content (AvgIpc) is 3.16. The first-order chi connectivity index (χ1) is 15.5. The van der Waals surface area contributed by atoms with Gasteiger partial charge >= 0.3 is 12.1 Å². The zero-order chi connectivity index (χ0) is 24.2. The van der Waals surface area contributed by atoms with Crippen molar-refractivity contribution in [2.45, 2.75) is 59.2 Å². The molecule has 35 heavy (non-hydrogen) atoms. The van der Waals surface area contributed by atoms with Crippen LogP contribution >= 0.6 is 24.8 Å². The Bertz CT molecular complexity index is 1040. The number of rotatable bonds is 6. The quantitative estimate of drug-likeness (QED) is 0.492. The number of aromatic nitrogens is 1. The number of carbonyl (C=O) groups excluding carboxylic acids is 1. The van der Waals surface area contributed by atoms with E-state index >= 15 is 0 Å². The van der Waals surface area contributed by atoms with E-state index in [9.17, 15) is 9.59 Å². The van der Waals surface area contributed by atoms with E-state index in [0.29, 0.717) is 17.9 Å². The maximum Gasteiger partial charge on any atom is 0.416 e. The van der Waals surface area contributed by atoms with Crippen molar-refractivity contribution in [2.75, 3.05) is 18.0 Å². The Kier molecular flexibility index (Phi) is 11.2. The summed E-state index contributed by atoms with van der Waals surface area (Å²) in [7, 11) is 0. The molecule has 1 saturated heterocycles. The summed E-state index contributed by atoms with van der Waals surface area (Å²) in [6.45, 7) is 12.2. The number of benzene rings is 1. The number of anilines is 1. The summed E-state index contributed by atoms with van der Waals surface area (Å²) in [5, 5.41) is 8.82. The fourth-order valence-electron chi connectivity index (χ4n) is 3.87. The van der Waals surface area contributed by atoms with Crippen LogP contribution in [0.1, 0.15) is 49.4 Å². The number of aliphatic carboxylic acids is 1. The van der Waals surface area contributed by atoms with Gasteiger partial charge in [-0.05, 0) is 81.5 Å². The maximum atomic E-state index is 13.1. The lowest BCUT2D eigenvalue weighted by Crippen LogP contribution is -2.45. The van der Waals surface area contributed by atoms with E-state index in [1.807, 2.05) is 20.8 Å². The van der Waals surface area contributed by atoms with Crippen molar-refractivity contribution in [2.24, 2.45) is 0 Å². The van der Waals surface area contributed by atoms with Crippen molar-refractivity contribution < 1.29 is 19.4 Å². The van der Waals surface area contributed by atoms with E-state index in [2.05, 4.69) is 41.9 Å². The van der Waals surface area contributed by atoms with Gasteiger partial charge in [0.25, 0.3) is 0 Å². The van der Waals surface area contributed by atoms with Crippen LogP contribution in [0.5, 0.6) is 0 Å². The van der Waals surface area contributed by atoms with Crippen LogP contribution in [0.15, 0.2) is 42.6 Å². The average molecular weight is 524 g/mol. The third kappa shape index (κ3) is 8.84. The number of nitrogens with zero attached hydrogens (tertiary/aromatic N) is 3. The molecule has 0 unspecified atom stereocenters. The van der Waals surface area contributed by atoms with Crippen molar-refractivity contribution >= 4 is 48.8 Å². The van der Waals surface area contributed by atoms with Crippen molar-refractivity contribution in [3.63, 3.8) is 0 Å². The predicted molar refractivity (Wildman–Crippen MR) is 144 cm³/mol. The Morgan fingerprint density at radius 3 is 2.46 bits per heavy atom. The molecule has 0 bridgehead atoms. The van der Waals surface area contributed by atoms with Gasteiger partial charge in [-0.1, -0.05) is 18.2 Å². The van der Waals surface area contributed by atoms with Crippen molar-refractivity contribution in [3.8, 4) is 0 Å². The number of halogens is 2. The van der Waals surface area contributed by atoms with Gasteiger partial charge in [-0.15, -0.1) is 24.8 Å².